The molecule has 0 saturated carbocycles. The van der Waals surface area contributed by atoms with Crippen molar-refractivity contribution >= 4 is 5.97 Å². The number of aromatic nitrogens is 2. The molecule has 1 aromatic rings. The maximum Gasteiger partial charge on any atom is 0.311 e. The molecule has 3 N–H and O–H groups in total. The third kappa shape index (κ3) is 2.87. The van der Waals surface area contributed by atoms with E-state index in [9.17, 15) is 10.1 Å². The highest BCUT2D eigenvalue weighted by Crippen LogP contribution is 2.46. The molecule has 2 atom stereocenters. The van der Waals surface area contributed by atoms with Crippen LogP contribution in [0.5, 0.6) is 5.88 Å². The van der Waals surface area contributed by atoms with Gasteiger partial charge in [0.2, 0.25) is 11.8 Å². The van der Waals surface area contributed by atoms with Crippen LogP contribution in [0.1, 0.15) is 43.4 Å². The van der Waals surface area contributed by atoms with Gasteiger partial charge in [0.1, 0.15) is 6.07 Å². The van der Waals surface area contributed by atoms with Gasteiger partial charge in [0.05, 0.1) is 24.3 Å². The molecule has 126 valence electrons. The molecule has 7 nitrogen and oxygen atoms in total. The van der Waals surface area contributed by atoms with Gasteiger partial charge in [-0.05, 0) is 32.1 Å². The van der Waals surface area contributed by atoms with Gasteiger partial charge < -0.3 is 15.2 Å². The van der Waals surface area contributed by atoms with Crippen LogP contribution in [0.2, 0.25) is 0 Å². The molecule has 24 heavy (non-hydrogen) atoms. The van der Waals surface area contributed by atoms with E-state index in [4.69, 9.17) is 15.2 Å². The fourth-order valence-corrected chi connectivity index (χ4v) is 3.43. The quantitative estimate of drug-likeness (QED) is 0.646. The smallest absolute Gasteiger partial charge is 0.311 e. The Morgan fingerprint density at radius 1 is 1.58 bits per heavy atom. The summed E-state index contributed by atoms with van der Waals surface area (Å²) in [7, 11) is 0. The molecule has 0 unspecified atom stereocenters. The lowest BCUT2D eigenvalue weighted by Crippen LogP contribution is -2.26. The Balaban J connectivity index is 2.00. The maximum atomic E-state index is 11.9. The second-order valence-electron chi connectivity index (χ2n) is 5.92. The number of hydrogen-bond acceptors (Lipinski definition) is 6. The molecule has 2 aliphatic rings. The third-order valence-electron chi connectivity index (χ3n) is 4.47. The predicted molar refractivity (Wildman–Crippen MR) is 85.6 cm³/mol. The highest BCUT2D eigenvalue weighted by Gasteiger charge is 2.39. The molecule has 0 amide bonds. The van der Waals surface area contributed by atoms with E-state index in [2.05, 4.69) is 28.4 Å². The topological polar surface area (TPSA) is 114 Å². The minimum Gasteiger partial charge on any atom is -0.466 e. The summed E-state index contributed by atoms with van der Waals surface area (Å²) >= 11 is 0. The van der Waals surface area contributed by atoms with Crippen molar-refractivity contribution in [2.24, 2.45) is 11.7 Å². The van der Waals surface area contributed by atoms with E-state index < -0.39 is 0 Å². The number of allylic oxidation sites excluding steroid dienone is 3. The normalized spacial score (nSPS) is 22.5. The zero-order valence-electron chi connectivity index (χ0n) is 13.5. The molecule has 0 radical (unpaired) electrons. The Kier molecular flexibility index (Phi) is 4.56. The first kappa shape index (κ1) is 16.1. The summed E-state index contributed by atoms with van der Waals surface area (Å²) in [6.07, 6.45) is 7.10. The van der Waals surface area contributed by atoms with Gasteiger partial charge in [0.15, 0.2) is 0 Å². The van der Waals surface area contributed by atoms with E-state index >= 15 is 0 Å². The van der Waals surface area contributed by atoms with Crippen LogP contribution in [0, 0.1) is 17.2 Å². The minimum absolute atomic E-state index is 0.0667. The standard InChI is InChI=1S/C17H20N4O3/c1-2-23-13(22)8-12-15-14(10-6-4-3-5-7-10)11(9-18)16(19)24-17(15)21-20-12/h3-4,10,14H,2,5-8,19H2,1H3,(H,20,21)/t10-,14-/m0/s1. The summed E-state index contributed by atoms with van der Waals surface area (Å²) in [5, 5.41) is 16.6. The number of fused-ring (bicyclic) bond motifs is 1. The molecule has 1 aromatic heterocycles. The molecular formula is C17H20N4O3. The molecule has 7 heteroatoms. The summed E-state index contributed by atoms with van der Waals surface area (Å²) < 4.78 is 10.5. The minimum atomic E-state index is -0.340. The monoisotopic (exact) mass is 328 g/mol. The van der Waals surface area contributed by atoms with Crippen molar-refractivity contribution < 1.29 is 14.3 Å². The van der Waals surface area contributed by atoms with Crippen LogP contribution in [-0.4, -0.2) is 22.8 Å². The van der Waals surface area contributed by atoms with Crippen molar-refractivity contribution in [1.82, 2.24) is 10.2 Å². The Morgan fingerprint density at radius 2 is 2.42 bits per heavy atom. The number of H-pyrrole nitrogens is 1. The lowest BCUT2D eigenvalue weighted by molar-refractivity contribution is -0.142. The average Bonchev–Trinajstić information content (AvgIpc) is 2.96. The molecule has 0 saturated heterocycles. The summed E-state index contributed by atoms with van der Waals surface area (Å²) in [6, 6.07) is 2.19. The number of carbonyl (C=O) groups is 1. The van der Waals surface area contributed by atoms with E-state index in [0.717, 1.165) is 24.8 Å². The number of nitrogens with two attached hydrogens (primary N) is 1. The van der Waals surface area contributed by atoms with E-state index in [0.29, 0.717) is 23.8 Å². The molecule has 2 heterocycles. The van der Waals surface area contributed by atoms with Crippen molar-refractivity contribution in [2.75, 3.05) is 6.61 Å². The van der Waals surface area contributed by atoms with Gasteiger partial charge in [-0.1, -0.05) is 12.2 Å². The van der Waals surface area contributed by atoms with Crippen molar-refractivity contribution in [2.45, 2.75) is 38.5 Å². The lowest BCUT2D eigenvalue weighted by Gasteiger charge is -2.31. The maximum absolute atomic E-state index is 11.9. The van der Waals surface area contributed by atoms with Crippen molar-refractivity contribution in [3.8, 4) is 11.9 Å². The van der Waals surface area contributed by atoms with Gasteiger partial charge in [-0.25, -0.2) is 0 Å². The molecule has 0 bridgehead atoms. The van der Waals surface area contributed by atoms with Crippen molar-refractivity contribution in [1.29, 1.82) is 5.26 Å². The van der Waals surface area contributed by atoms with Gasteiger partial charge in [-0.2, -0.15) is 5.26 Å². The second-order valence-corrected chi connectivity index (χ2v) is 5.92. The van der Waals surface area contributed by atoms with E-state index in [-0.39, 0.29) is 30.1 Å². The van der Waals surface area contributed by atoms with Crippen LogP contribution in [-0.2, 0) is 16.0 Å². The first-order valence-electron chi connectivity index (χ1n) is 8.11. The van der Waals surface area contributed by atoms with Crippen LogP contribution >= 0.6 is 0 Å². The zero-order valence-corrected chi connectivity index (χ0v) is 13.5. The number of aromatic amines is 1. The molecule has 0 aromatic carbocycles. The average molecular weight is 328 g/mol. The Bertz CT molecular complexity index is 742. The predicted octanol–water partition coefficient (Wildman–Crippen LogP) is 2.04. The fourth-order valence-electron chi connectivity index (χ4n) is 3.43. The van der Waals surface area contributed by atoms with Crippen LogP contribution in [0.15, 0.2) is 23.6 Å². The van der Waals surface area contributed by atoms with Crippen LogP contribution < -0.4 is 10.5 Å². The van der Waals surface area contributed by atoms with Gasteiger partial charge in [-0.3, -0.25) is 9.89 Å². The highest BCUT2D eigenvalue weighted by atomic mass is 16.5. The molecule has 1 aliphatic heterocycles. The van der Waals surface area contributed by atoms with Gasteiger partial charge in [0, 0.05) is 11.5 Å². The first-order valence-corrected chi connectivity index (χ1v) is 8.11. The van der Waals surface area contributed by atoms with Gasteiger partial charge >= 0.3 is 5.97 Å². The fraction of sp³-hybridized carbons (Fsp3) is 0.471. The van der Waals surface area contributed by atoms with Crippen LogP contribution in [0.4, 0.5) is 0 Å². The highest BCUT2D eigenvalue weighted by molar-refractivity contribution is 5.73. The molecular weight excluding hydrogens is 308 g/mol. The van der Waals surface area contributed by atoms with Crippen molar-refractivity contribution in [3.05, 3.63) is 34.9 Å². The largest absolute Gasteiger partial charge is 0.466 e. The summed E-state index contributed by atoms with van der Waals surface area (Å²) in [6.45, 7) is 2.08. The molecule has 1 aliphatic carbocycles. The first-order chi connectivity index (χ1) is 11.7. The number of rotatable bonds is 4. The summed E-state index contributed by atoms with van der Waals surface area (Å²) in [5.74, 6) is 0.118. The van der Waals surface area contributed by atoms with Crippen molar-refractivity contribution in [3.63, 3.8) is 0 Å². The van der Waals surface area contributed by atoms with Gasteiger partial charge in [-0.15, -0.1) is 5.10 Å². The van der Waals surface area contributed by atoms with Crippen LogP contribution in [0.25, 0.3) is 0 Å². The summed E-state index contributed by atoms with van der Waals surface area (Å²) in [5.41, 5.74) is 7.73. The molecule has 0 fully saturated rings. The number of carbonyl (C=O) groups excluding carboxylic acids is 1. The third-order valence-corrected chi connectivity index (χ3v) is 4.47. The Morgan fingerprint density at radius 3 is 3.08 bits per heavy atom. The number of nitrogens with one attached hydrogen (secondary N) is 1. The second kappa shape index (κ2) is 6.79. The summed E-state index contributed by atoms with van der Waals surface area (Å²) in [4.78, 5) is 11.9. The van der Waals surface area contributed by atoms with Crippen LogP contribution in [0.3, 0.4) is 0 Å². The molecule has 0 spiro atoms. The zero-order chi connectivity index (χ0) is 17.1. The van der Waals surface area contributed by atoms with E-state index in [1.165, 1.54) is 0 Å². The lowest BCUT2D eigenvalue weighted by atomic mass is 9.74. The van der Waals surface area contributed by atoms with E-state index in [1.807, 2.05) is 0 Å². The number of ether oxygens (including phenoxy) is 2. The van der Waals surface area contributed by atoms with Gasteiger partial charge in [0.25, 0.3) is 0 Å². The number of esters is 1. The molecule has 3 rings (SSSR count). The SMILES string of the molecule is CCOC(=O)Cc1[nH]nc2c1[C@@H]([C@H]1CC=CCC1)C(C#N)=C(N)O2. The van der Waals surface area contributed by atoms with E-state index in [1.54, 1.807) is 6.92 Å². The Labute approximate surface area is 140 Å². The number of hydrogen-bond donors (Lipinski definition) is 2. The number of nitriles is 1. The Hall–Kier alpha value is -2.75. The number of nitrogens with zero attached hydrogens (tertiary/aromatic N) is 2.